The number of phenols is 2. The Morgan fingerprint density at radius 2 is 1.93 bits per heavy atom. The molecule has 0 atom stereocenters. The number of aromatic amines is 1. The number of phenolic OH excluding ortho intramolecular Hbond substituents is 2. The summed E-state index contributed by atoms with van der Waals surface area (Å²) in [6, 6.07) is 2.53. The maximum Gasteiger partial charge on any atom is 0.432 e. The molecule has 3 aromatic rings. The van der Waals surface area contributed by atoms with E-state index in [-0.39, 0.29) is 11.3 Å². The number of aryl methyl sites for hydroxylation is 1. The second-order valence-electron chi connectivity index (χ2n) is 5.61. The van der Waals surface area contributed by atoms with Crippen molar-refractivity contribution in [3.63, 3.8) is 0 Å². The minimum Gasteiger partial charge on any atom is -0.504 e. The molecule has 10 nitrogen and oxygen atoms in total. The van der Waals surface area contributed by atoms with Crippen molar-refractivity contribution in [3.05, 3.63) is 49.9 Å². The molecule has 2 heterocycles. The van der Waals surface area contributed by atoms with Crippen LogP contribution < -0.4 is 5.43 Å². The summed E-state index contributed by atoms with van der Waals surface area (Å²) in [6.45, 7) is 1.26. The number of benzene rings is 1. The number of aromatic nitrogens is 3. The van der Waals surface area contributed by atoms with E-state index in [0.717, 1.165) is 18.2 Å². The highest BCUT2D eigenvalue weighted by molar-refractivity contribution is 5.69. The third-order valence-corrected chi connectivity index (χ3v) is 3.61. The van der Waals surface area contributed by atoms with Gasteiger partial charge in [0, 0.05) is 17.8 Å². The maximum atomic E-state index is 13.3. The summed E-state index contributed by atoms with van der Waals surface area (Å²) in [7, 11) is 0. The summed E-state index contributed by atoms with van der Waals surface area (Å²) < 4.78 is 44.6. The Bertz CT molecular complexity index is 1150. The summed E-state index contributed by atoms with van der Waals surface area (Å²) >= 11 is 0. The molecular weight excluding hydrogens is 389 g/mol. The van der Waals surface area contributed by atoms with Crippen LogP contribution in [0.1, 0.15) is 11.4 Å². The summed E-state index contributed by atoms with van der Waals surface area (Å²) in [6.07, 6.45) is -4.92. The topological polar surface area (TPSA) is 155 Å². The van der Waals surface area contributed by atoms with Crippen molar-refractivity contribution in [2.45, 2.75) is 13.1 Å². The highest BCUT2D eigenvalue weighted by atomic mass is 19.4. The molecule has 0 unspecified atom stereocenters. The molecule has 0 aliphatic heterocycles. The standard InChI is InChI=1S/C15H9F3N4O6/c1-5-2-8(23)10(12(19-5)15(16,17)18)13-20-14(28-21-13)6-3-7(22(26)27)11(25)9(24)4-6/h2-4,24-25H,1H3,(H,19,23). The number of halogens is 3. The lowest BCUT2D eigenvalue weighted by molar-refractivity contribution is -0.385. The van der Waals surface area contributed by atoms with Crippen LogP contribution in [0.2, 0.25) is 0 Å². The first-order chi connectivity index (χ1) is 13.0. The molecule has 0 aliphatic carbocycles. The highest BCUT2D eigenvalue weighted by Gasteiger charge is 2.38. The molecule has 3 N–H and O–H groups in total. The zero-order valence-corrected chi connectivity index (χ0v) is 13.7. The van der Waals surface area contributed by atoms with E-state index in [1.165, 1.54) is 6.92 Å². The summed E-state index contributed by atoms with van der Waals surface area (Å²) in [5.41, 5.74) is -4.48. The second-order valence-corrected chi connectivity index (χ2v) is 5.61. The van der Waals surface area contributed by atoms with Crippen molar-refractivity contribution in [3.8, 4) is 34.3 Å². The SMILES string of the molecule is Cc1cc(=O)c(-c2noc(-c3cc(O)c(O)c([N+](=O)[O-])c3)n2)c(C(F)(F)F)[nH]1. The molecule has 0 amide bonds. The molecule has 13 heteroatoms. The molecule has 0 spiro atoms. The van der Waals surface area contributed by atoms with E-state index >= 15 is 0 Å². The number of pyridine rings is 1. The van der Waals surface area contributed by atoms with Crippen LogP contribution in [0.3, 0.4) is 0 Å². The van der Waals surface area contributed by atoms with Crippen molar-refractivity contribution in [2.24, 2.45) is 0 Å². The van der Waals surface area contributed by atoms with E-state index < -0.39 is 56.7 Å². The molecule has 0 aliphatic rings. The Hall–Kier alpha value is -3.90. The number of nitro benzene ring substituents is 1. The van der Waals surface area contributed by atoms with Crippen molar-refractivity contribution in [1.82, 2.24) is 15.1 Å². The molecule has 1 aromatic carbocycles. The quantitative estimate of drug-likeness (QED) is 0.345. The zero-order chi connectivity index (χ0) is 20.8. The van der Waals surface area contributed by atoms with E-state index in [0.29, 0.717) is 0 Å². The Balaban J connectivity index is 2.18. The van der Waals surface area contributed by atoms with Crippen LogP contribution in [0, 0.1) is 17.0 Å². The van der Waals surface area contributed by atoms with Gasteiger partial charge in [-0.05, 0) is 13.0 Å². The van der Waals surface area contributed by atoms with Gasteiger partial charge in [0.1, 0.15) is 5.69 Å². The van der Waals surface area contributed by atoms with Crippen LogP contribution in [-0.2, 0) is 6.18 Å². The fourth-order valence-corrected chi connectivity index (χ4v) is 2.43. The molecule has 3 rings (SSSR count). The fraction of sp³-hybridized carbons (Fsp3) is 0.133. The fourth-order valence-electron chi connectivity index (χ4n) is 2.43. The van der Waals surface area contributed by atoms with E-state index in [2.05, 4.69) is 10.1 Å². The average molecular weight is 398 g/mol. The van der Waals surface area contributed by atoms with Crippen molar-refractivity contribution >= 4 is 5.69 Å². The number of rotatable bonds is 3. The third kappa shape index (κ3) is 3.24. The highest BCUT2D eigenvalue weighted by Crippen LogP contribution is 2.39. The number of nitro groups is 1. The molecule has 0 bridgehead atoms. The third-order valence-electron chi connectivity index (χ3n) is 3.61. The predicted molar refractivity (Wildman–Crippen MR) is 85.5 cm³/mol. The monoisotopic (exact) mass is 398 g/mol. The van der Waals surface area contributed by atoms with Gasteiger partial charge in [0.15, 0.2) is 11.2 Å². The molecule has 0 saturated heterocycles. The molecule has 0 saturated carbocycles. The lowest BCUT2D eigenvalue weighted by Crippen LogP contribution is -2.19. The summed E-state index contributed by atoms with van der Waals surface area (Å²) in [5, 5.41) is 33.3. The number of hydrogen-bond acceptors (Lipinski definition) is 8. The van der Waals surface area contributed by atoms with Gasteiger partial charge in [-0.25, -0.2) is 0 Å². The van der Waals surface area contributed by atoms with Crippen LogP contribution in [-0.4, -0.2) is 30.3 Å². The van der Waals surface area contributed by atoms with Gasteiger partial charge >= 0.3 is 11.9 Å². The Labute approximate surface area is 152 Å². The molecule has 146 valence electrons. The van der Waals surface area contributed by atoms with Gasteiger partial charge in [-0.3, -0.25) is 14.9 Å². The predicted octanol–water partition coefficient (Wildman–Crippen LogP) is 2.74. The van der Waals surface area contributed by atoms with Crippen LogP contribution >= 0.6 is 0 Å². The van der Waals surface area contributed by atoms with Gasteiger partial charge in [0.05, 0.1) is 16.1 Å². The van der Waals surface area contributed by atoms with E-state index in [1.54, 1.807) is 0 Å². The number of alkyl halides is 3. The lowest BCUT2D eigenvalue weighted by atomic mass is 10.1. The maximum absolute atomic E-state index is 13.3. The Morgan fingerprint density at radius 3 is 2.54 bits per heavy atom. The first-order valence-electron chi connectivity index (χ1n) is 7.35. The molecule has 28 heavy (non-hydrogen) atoms. The largest absolute Gasteiger partial charge is 0.504 e. The van der Waals surface area contributed by atoms with Crippen LogP contribution in [0.5, 0.6) is 11.5 Å². The average Bonchev–Trinajstić information content (AvgIpc) is 3.05. The van der Waals surface area contributed by atoms with Gasteiger partial charge in [0.25, 0.3) is 5.89 Å². The van der Waals surface area contributed by atoms with Gasteiger partial charge in [-0.1, -0.05) is 5.16 Å². The number of nitrogens with zero attached hydrogens (tertiary/aromatic N) is 3. The van der Waals surface area contributed by atoms with Crippen molar-refractivity contribution < 1.29 is 32.8 Å². The smallest absolute Gasteiger partial charge is 0.432 e. The molecule has 0 fully saturated rings. The molecule has 0 radical (unpaired) electrons. The van der Waals surface area contributed by atoms with E-state index in [9.17, 15) is 38.3 Å². The van der Waals surface area contributed by atoms with Crippen LogP contribution in [0.25, 0.3) is 22.8 Å². The summed E-state index contributed by atoms with van der Waals surface area (Å²) in [4.78, 5) is 27.7. The lowest BCUT2D eigenvalue weighted by Gasteiger charge is -2.10. The van der Waals surface area contributed by atoms with Gasteiger partial charge < -0.3 is 19.7 Å². The normalized spacial score (nSPS) is 11.6. The first kappa shape index (κ1) is 18.9. The van der Waals surface area contributed by atoms with Gasteiger partial charge in [0.2, 0.25) is 11.6 Å². The number of nitrogens with one attached hydrogen (secondary N) is 1. The number of H-pyrrole nitrogens is 1. The van der Waals surface area contributed by atoms with E-state index in [4.69, 9.17) is 4.52 Å². The van der Waals surface area contributed by atoms with Gasteiger partial charge in [-0.15, -0.1) is 0 Å². The van der Waals surface area contributed by atoms with Crippen molar-refractivity contribution in [1.29, 1.82) is 0 Å². The zero-order valence-electron chi connectivity index (χ0n) is 13.7. The van der Waals surface area contributed by atoms with E-state index in [1.807, 2.05) is 4.98 Å². The second kappa shape index (κ2) is 6.37. The molecular formula is C15H9F3N4O6. The van der Waals surface area contributed by atoms with Crippen LogP contribution in [0.15, 0.2) is 27.5 Å². The Kier molecular flexibility index (Phi) is 4.29. The molecule has 2 aromatic heterocycles. The van der Waals surface area contributed by atoms with Crippen molar-refractivity contribution in [2.75, 3.05) is 0 Å². The minimum absolute atomic E-state index is 0.0381. The summed E-state index contributed by atoms with van der Waals surface area (Å²) in [5.74, 6) is -3.11. The first-order valence-corrected chi connectivity index (χ1v) is 7.35. The van der Waals surface area contributed by atoms with Gasteiger partial charge in [-0.2, -0.15) is 18.2 Å². The number of hydrogen-bond donors (Lipinski definition) is 3. The number of aromatic hydroxyl groups is 2. The minimum atomic E-state index is -4.92. The Morgan fingerprint density at radius 1 is 1.25 bits per heavy atom. The van der Waals surface area contributed by atoms with Crippen LogP contribution in [0.4, 0.5) is 18.9 Å².